The Balaban J connectivity index is 0. The highest BCUT2D eigenvalue weighted by molar-refractivity contribution is 4.85. The second-order valence-corrected chi connectivity index (χ2v) is 3.39. The van der Waals surface area contributed by atoms with Crippen LogP contribution in [0.4, 0.5) is 22.0 Å². The van der Waals surface area contributed by atoms with E-state index in [2.05, 4.69) is 0 Å². The molecular formula is C11H19F5O2. The monoisotopic (exact) mass is 278 g/mol. The summed E-state index contributed by atoms with van der Waals surface area (Å²) in [6.07, 6.45) is -3.30. The van der Waals surface area contributed by atoms with Crippen LogP contribution in [0.25, 0.3) is 0 Å². The summed E-state index contributed by atoms with van der Waals surface area (Å²) in [6.45, 7) is 1.91. The van der Waals surface area contributed by atoms with Crippen LogP contribution in [-0.4, -0.2) is 35.5 Å². The summed E-state index contributed by atoms with van der Waals surface area (Å²) in [4.78, 5) is 0. The van der Waals surface area contributed by atoms with Gasteiger partial charge in [-0.05, 0) is 26.2 Å². The maximum atomic E-state index is 12.3. The predicted octanol–water partition coefficient (Wildman–Crippen LogP) is 3.29. The number of hydrogen-bond donors (Lipinski definition) is 2. The van der Waals surface area contributed by atoms with Crippen molar-refractivity contribution in [2.45, 2.75) is 44.7 Å². The van der Waals surface area contributed by atoms with Gasteiger partial charge in [-0.3, -0.25) is 0 Å². The lowest BCUT2D eigenvalue weighted by Gasteiger charge is -2.18. The van der Waals surface area contributed by atoms with E-state index in [9.17, 15) is 22.0 Å². The third-order valence-corrected chi connectivity index (χ3v) is 1.74. The zero-order valence-corrected chi connectivity index (χ0v) is 10.2. The van der Waals surface area contributed by atoms with Gasteiger partial charge in [-0.25, -0.2) is 0 Å². The normalized spacial score (nSPS) is 12.4. The molecule has 2 nitrogen and oxygen atoms in total. The summed E-state index contributed by atoms with van der Waals surface area (Å²) in [7, 11) is 0. The van der Waals surface area contributed by atoms with Crippen LogP contribution in [0.2, 0.25) is 0 Å². The Morgan fingerprint density at radius 2 is 1.39 bits per heavy atom. The highest BCUT2D eigenvalue weighted by Gasteiger charge is 2.56. The summed E-state index contributed by atoms with van der Waals surface area (Å²) in [6, 6.07) is 0. The maximum Gasteiger partial charge on any atom is 0.453 e. The molecule has 0 saturated carbocycles. The molecule has 0 heterocycles. The van der Waals surface area contributed by atoms with Crippen molar-refractivity contribution in [2.75, 3.05) is 13.2 Å². The fourth-order valence-corrected chi connectivity index (χ4v) is 0.851. The molecule has 0 bridgehead atoms. The van der Waals surface area contributed by atoms with Crippen molar-refractivity contribution < 1.29 is 32.2 Å². The fraction of sp³-hybridized carbons (Fsp3) is 0.818. The van der Waals surface area contributed by atoms with Crippen LogP contribution in [-0.2, 0) is 0 Å². The van der Waals surface area contributed by atoms with Crippen molar-refractivity contribution in [1.29, 1.82) is 0 Å². The molecule has 0 unspecified atom stereocenters. The molecule has 0 spiro atoms. The van der Waals surface area contributed by atoms with Crippen LogP contribution in [0.5, 0.6) is 0 Å². The Morgan fingerprint density at radius 3 is 1.78 bits per heavy atom. The number of alkyl halides is 5. The molecule has 7 heteroatoms. The zero-order chi connectivity index (χ0) is 14.7. The molecule has 18 heavy (non-hydrogen) atoms. The number of rotatable bonds is 6. The Bertz CT molecular complexity index is 214. The first-order valence-corrected chi connectivity index (χ1v) is 5.54. The number of aliphatic hydroxyl groups is 2. The summed E-state index contributed by atoms with van der Waals surface area (Å²) >= 11 is 0. The fourth-order valence-electron chi connectivity index (χ4n) is 0.851. The molecule has 0 fully saturated rings. The van der Waals surface area contributed by atoms with Crippen LogP contribution >= 0.6 is 0 Å². The first-order valence-electron chi connectivity index (χ1n) is 5.54. The lowest BCUT2D eigenvalue weighted by molar-refractivity contribution is -0.283. The van der Waals surface area contributed by atoms with Gasteiger partial charge in [-0.1, -0.05) is 12.2 Å². The van der Waals surface area contributed by atoms with Gasteiger partial charge in [0, 0.05) is 19.6 Å². The Morgan fingerprint density at radius 1 is 0.944 bits per heavy atom. The van der Waals surface area contributed by atoms with Gasteiger partial charge in [-0.15, -0.1) is 0 Å². The Hall–Kier alpha value is -0.690. The highest BCUT2D eigenvalue weighted by atomic mass is 19.4. The topological polar surface area (TPSA) is 40.5 Å². The van der Waals surface area contributed by atoms with Gasteiger partial charge in [0.15, 0.2) is 0 Å². The second kappa shape index (κ2) is 10.3. The first-order chi connectivity index (χ1) is 8.22. The minimum atomic E-state index is -5.47. The highest BCUT2D eigenvalue weighted by Crippen LogP contribution is 2.38. The molecule has 0 aromatic heterocycles. The number of allylic oxidation sites excluding steroid dienone is 2. The minimum Gasteiger partial charge on any atom is -0.397 e. The van der Waals surface area contributed by atoms with Gasteiger partial charge >= 0.3 is 12.1 Å². The van der Waals surface area contributed by atoms with Crippen LogP contribution < -0.4 is 0 Å². The molecule has 0 aromatic rings. The smallest absolute Gasteiger partial charge is 0.397 e. The number of hydrogen-bond acceptors (Lipinski definition) is 2. The molecule has 0 aromatic carbocycles. The Labute approximate surface area is 103 Å². The molecule has 0 rings (SSSR count). The van der Waals surface area contributed by atoms with E-state index >= 15 is 0 Å². The SMILES string of the molecule is CCO.OCCC/C=C/CCC(F)(F)C(F)(F)F. The molecule has 0 amide bonds. The largest absolute Gasteiger partial charge is 0.453 e. The van der Waals surface area contributed by atoms with E-state index in [1.807, 2.05) is 0 Å². The van der Waals surface area contributed by atoms with E-state index < -0.39 is 18.5 Å². The predicted molar refractivity (Wildman–Crippen MR) is 58.5 cm³/mol. The van der Waals surface area contributed by atoms with Crippen molar-refractivity contribution in [3.8, 4) is 0 Å². The van der Waals surface area contributed by atoms with Crippen molar-refractivity contribution >= 4 is 0 Å². The first kappa shape index (κ1) is 19.6. The summed E-state index contributed by atoms with van der Waals surface area (Å²) in [5.41, 5.74) is 0. The zero-order valence-electron chi connectivity index (χ0n) is 10.2. The molecule has 2 N–H and O–H groups in total. The second-order valence-electron chi connectivity index (χ2n) is 3.39. The van der Waals surface area contributed by atoms with E-state index in [1.165, 1.54) is 12.2 Å². The molecule has 110 valence electrons. The van der Waals surface area contributed by atoms with Crippen molar-refractivity contribution in [2.24, 2.45) is 0 Å². The van der Waals surface area contributed by atoms with Crippen molar-refractivity contribution in [1.82, 2.24) is 0 Å². The number of unbranched alkanes of at least 4 members (excludes halogenated alkanes) is 1. The average molecular weight is 278 g/mol. The average Bonchev–Trinajstić information content (AvgIpc) is 2.22. The van der Waals surface area contributed by atoms with E-state index in [0.29, 0.717) is 12.8 Å². The summed E-state index contributed by atoms with van der Waals surface area (Å²) < 4.78 is 59.6. The van der Waals surface area contributed by atoms with Crippen molar-refractivity contribution in [3.63, 3.8) is 0 Å². The van der Waals surface area contributed by atoms with Gasteiger partial charge in [0.05, 0.1) is 0 Å². The molecule has 0 atom stereocenters. The third kappa shape index (κ3) is 10.5. The van der Waals surface area contributed by atoms with Gasteiger partial charge in [0.2, 0.25) is 0 Å². The van der Waals surface area contributed by atoms with Crippen LogP contribution in [0.15, 0.2) is 12.2 Å². The van der Waals surface area contributed by atoms with Crippen LogP contribution in [0, 0.1) is 0 Å². The molecule has 0 radical (unpaired) electrons. The van der Waals surface area contributed by atoms with E-state index in [-0.39, 0.29) is 19.6 Å². The van der Waals surface area contributed by atoms with Gasteiger partial charge in [-0.2, -0.15) is 22.0 Å². The van der Waals surface area contributed by atoms with Crippen LogP contribution in [0.1, 0.15) is 32.6 Å². The van der Waals surface area contributed by atoms with Crippen molar-refractivity contribution in [3.05, 3.63) is 12.2 Å². The van der Waals surface area contributed by atoms with Gasteiger partial charge < -0.3 is 10.2 Å². The summed E-state index contributed by atoms with van der Waals surface area (Å²) in [5, 5.41) is 15.9. The third-order valence-electron chi connectivity index (χ3n) is 1.74. The standard InChI is InChI=1S/C9H13F5O.C2H6O/c10-8(11,9(12,13)14)6-4-2-1-3-5-7-15;1-2-3/h1-2,15H,3-7H2;3H,2H2,1H3/b2-1+;. The van der Waals surface area contributed by atoms with E-state index in [0.717, 1.165) is 0 Å². The lowest BCUT2D eigenvalue weighted by Crippen LogP contribution is -2.35. The number of aliphatic hydroxyl groups excluding tert-OH is 2. The van der Waals surface area contributed by atoms with Crippen LogP contribution in [0.3, 0.4) is 0 Å². The molecule has 0 saturated heterocycles. The minimum absolute atomic E-state index is 0.0248. The quantitative estimate of drug-likeness (QED) is 0.444. The molecule has 0 aliphatic carbocycles. The van der Waals surface area contributed by atoms with E-state index in [1.54, 1.807) is 6.92 Å². The lowest BCUT2D eigenvalue weighted by atomic mass is 10.1. The summed E-state index contributed by atoms with van der Waals surface area (Å²) in [5.74, 6) is -4.62. The number of halogens is 5. The molecular weight excluding hydrogens is 259 g/mol. The van der Waals surface area contributed by atoms with Gasteiger partial charge in [0.25, 0.3) is 0 Å². The Kier molecular flexibility index (Phi) is 11.2. The van der Waals surface area contributed by atoms with E-state index in [4.69, 9.17) is 10.2 Å². The van der Waals surface area contributed by atoms with Gasteiger partial charge in [0.1, 0.15) is 0 Å². The molecule has 0 aliphatic rings. The maximum absolute atomic E-state index is 12.3. The molecule has 0 aliphatic heterocycles.